The lowest BCUT2D eigenvalue weighted by atomic mass is 9.97. The van der Waals surface area contributed by atoms with Crippen molar-refractivity contribution >= 4 is 17.3 Å². The summed E-state index contributed by atoms with van der Waals surface area (Å²) in [6.45, 7) is 8.89. The van der Waals surface area contributed by atoms with E-state index in [-0.39, 0.29) is 11.8 Å². The van der Waals surface area contributed by atoms with Gasteiger partial charge in [-0.3, -0.25) is 9.78 Å². The van der Waals surface area contributed by atoms with Crippen LogP contribution in [0.3, 0.4) is 0 Å². The molecule has 0 unspecified atom stereocenters. The second-order valence-electron chi connectivity index (χ2n) is 10.5. The van der Waals surface area contributed by atoms with Crippen LogP contribution in [-0.2, 0) is 11.3 Å². The molecular weight excluding hydrogens is 454 g/mol. The van der Waals surface area contributed by atoms with E-state index in [1.54, 1.807) is 0 Å². The highest BCUT2D eigenvalue weighted by Gasteiger charge is 2.19. The molecule has 1 heterocycles. The maximum Gasteiger partial charge on any atom is 0.227 e. The molecular formula is C33H37N3O. The van der Waals surface area contributed by atoms with Crippen molar-refractivity contribution in [2.45, 2.75) is 40.7 Å². The normalized spacial score (nSPS) is 11.0. The van der Waals surface area contributed by atoms with E-state index in [9.17, 15) is 4.79 Å². The van der Waals surface area contributed by atoms with Crippen LogP contribution >= 0.6 is 0 Å². The van der Waals surface area contributed by atoms with Gasteiger partial charge in [-0.2, -0.15) is 0 Å². The summed E-state index contributed by atoms with van der Waals surface area (Å²) in [7, 11) is 4.10. The molecule has 0 spiro atoms. The average Bonchev–Trinajstić information content (AvgIpc) is 2.87. The average molecular weight is 492 g/mol. The van der Waals surface area contributed by atoms with Gasteiger partial charge in [0.15, 0.2) is 0 Å². The Labute approximate surface area is 221 Å². The fourth-order valence-electron chi connectivity index (χ4n) is 4.62. The number of rotatable bonds is 8. The molecule has 0 aliphatic heterocycles. The van der Waals surface area contributed by atoms with Crippen molar-refractivity contribution in [1.82, 2.24) is 4.98 Å². The molecule has 4 nitrogen and oxygen atoms in total. The Morgan fingerprint density at radius 2 is 1.57 bits per heavy atom. The zero-order chi connectivity index (χ0) is 26.5. The second-order valence-corrected chi connectivity index (χ2v) is 10.5. The van der Waals surface area contributed by atoms with Gasteiger partial charge in [0.05, 0.1) is 6.54 Å². The van der Waals surface area contributed by atoms with Crippen molar-refractivity contribution in [3.05, 3.63) is 102 Å². The molecule has 190 valence electrons. The van der Waals surface area contributed by atoms with Gasteiger partial charge < -0.3 is 9.80 Å². The number of pyridine rings is 1. The third-order valence-electron chi connectivity index (χ3n) is 6.58. The highest BCUT2D eigenvalue weighted by Crippen LogP contribution is 2.30. The molecule has 0 fully saturated rings. The van der Waals surface area contributed by atoms with Gasteiger partial charge in [-0.05, 0) is 83.5 Å². The quantitative estimate of drug-likeness (QED) is 0.254. The molecule has 0 saturated heterocycles. The third-order valence-corrected chi connectivity index (χ3v) is 6.58. The van der Waals surface area contributed by atoms with E-state index >= 15 is 0 Å². The van der Waals surface area contributed by atoms with Crippen LogP contribution in [0.5, 0.6) is 0 Å². The Kier molecular flexibility index (Phi) is 8.08. The van der Waals surface area contributed by atoms with Gasteiger partial charge in [0.2, 0.25) is 5.91 Å². The Bertz CT molecular complexity index is 1370. The van der Waals surface area contributed by atoms with Crippen LogP contribution in [0, 0.1) is 19.8 Å². The zero-order valence-corrected chi connectivity index (χ0v) is 22.8. The standard InChI is InChI=1S/C33H37N3O/c1-23(2)16-33(37)36(31-9-7-8-28(19-31)29-17-24(3)20-34-21-29)22-26-10-15-32(25(4)18-26)27-11-13-30(14-12-27)35(5)6/h7-15,17-21,23H,16,22H2,1-6H3. The lowest BCUT2D eigenvalue weighted by Crippen LogP contribution is -2.31. The molecule has 37 heavy (non-hydrogen) atoms. The topological polar surface area (TPSA) is 36.4 Å². The summed E-state index contributed by atoms with van der Waals surface area (Å²) in [5.41, 5.74) is 10.0. The number of aryl methyl sites for hydroxylation is 2. The van der Waals surface area contributed by atoms with E-state index in [0.717, 1.165) is 27.9 Å². The van der Waals surface area contributed by atoms with Gasteiger partial charge in [-0.15, -0.1) is 0 Å². The van der Waals surface area contributed by atoms with Crippen molar-refractivity contribution in [3.8, 4) is 22.3 Å². The molecule has 4 rings (SSSR count). The maximum atomic E-state index is 13.4. The van der Waals surface area contributed by atoms with Gasteiger partial charge in [-0.1, -0.05) is 56.3 Å². The number of hydrogen-bond acceptors (Lipinski definition) is 3. The lowest BCUT2D eigenvalue weighted by Gasteiger charge is -2.25. The van der Waals surface area contributed by atoms with E-state index in [2.05, 4.69) is 105 Å². The first-order valence-corrected chi connectivity index (χ1v) is 12.9. The van der Waals surface area contributed by atoms with Crippen LogP contribution in [0.2, 0.25) is 0 Å². The molecule has 1 amide bonds. The smallest absolute Gasteiger partial charge is 0.227 e. The second kappa shape index (κ2) is 11.4. The van der Waals surface area contributed by atoms with Gasteiger partial charge in [0.1, 0.15) is 0 Å². The summed E-state index contributed by atoms with van der Waals surface area (Å²) >= 11 is 0. The zero-order valence-electron chi connectivity index (χ0n) is 22.8. The Morgan fingerprint density at radius 3 is 2.22 bits per heavy atom. The fraction of sp³-hybridized carbons (Fsp3) is 0.273. The largest absolute Gasteiger partial charge is 0.378 e. The van der Waals surface area contributed by atoms with Gasteiger partial charge >= 0.3 is 0 Å². The Balaban J connectivity index is 1.64. The fourth-order valence-corrected chi connectivity index (χ4v) is 4.62. The third kappa shape index (κ3) is 6.45. The highest BCUT2D eigenvalue weighted by molar-refractivity contribution is 5.94. The minimum absolute atomic E-state index is 0.135. The predicted octanol–water partition coefficient (Wildman–Crippen LogP) is 7.68. The van der Waals surface area contributed by atoms with Crippen molar-refractivity contribution < 1.29 is 4.79 Å². The summed E-state index contributed by atoms with van der Waals surface area (Å²) < 4.78 is 0. The Morgan fingerprint density at radius 1 is 0.811 bits per heavy atom. The number of carbonyl (C=O) groups excluding carboxylic acids is 1. The number of anilines is 2. The number of hydrogen-bond donors (Lipinski definition) is 0. The molecule has 1 aromatic heterocycles. The summed E-state index contributed by atoms with van der Waals surface area (Å²) in [5.74, 6) is 0.420. The molecule has 0 aliphatic carbocycles. The van der Waals surface area contributed by atoms with E-state index in [4.69, 9.17) is 0 Å². The SMILES string of the molecule is Cc1cncc(-c2cccc(N(Cc3ccc(-c4ccc(N(C)C)cc4)c(C)c3)C(=O)CC(C)C)c2)c1. The van der Waals surface area contributed by atoms with E-state index in [1.165, 1.54) is 22.4 Å². The minimum atomic E-state index is 0.135. The number of carbonyl (C=O) groups is 1. The molecule has 0 radical (unpaired) electrons. The van der Waals surface area contributed by atoms with Crippen LogP contribution in [0.1, 0.15) is 37.0 Å². The first-order chi connectivity index (χ1) is 17.7. The highest BCUT2D eigenvalue weighted by atomic mass is 16.2. The minimum Gasteiger partial charge on any atom is -0.378 e. The molecule has 0 bridgehead atoms. The van der Waals surface area contributed by atoms with E-state index in [1.807, 2.05) is 36.4 Å². The number of benzene rings is 3. The summed E-state index contributed by atoms with van der Waals surface area (Å²) in [5, 5.41) is 0. The summed E-state index contributed by atoms with van der Waals surface area (Å²) in [6, 6.07) is 25.5. The number of amides is 1. The van der Waals surface area contributed by atoms with Crippen LogP contribution in [0.15, 0.2) is 85.2 Å². The van der Waals surface area contributed by atoms with Gasteiger partial charge in [0, 0.05) is 49.8 Å². The summed E-state index contributed by atoms with van der Waals surface area (Å²) in [4.78, 5) is 21.8. The number of aromatic nitrogens is 1. The number of nitrogens with zero attached hydrogens (tertiary/aromatic N) is 3. The first kappa shape index (κ1) is 26.2. The molecule has 0 aliphatic rings. The Hall–Kier alpha value is -3.92. The van der Waals surface area contributed by atoms with E-state index < -0.39 is 0 Å². The maximum absolute atomic E-state index is 13.4. The molecule has 4 heteroatoms. The monoisotopic (exact) mass is 491 g/mol. The van der Waals surface area contributed by atoms with Crippen LogP contribution in [-0.4, -0.2) is 25.0 Å². The van der Waals surface area contributed by atoms with Gasteiger partial charge in [-0.25, -0.2) is 0 Å². The van der Waals surface area contributed by atoms with E-state index in [0.29, 0.717) is 13.0 Å². The lowest BCUT2D eigenvalue weighted by molar-refractivity contribution is -0.119. The first-order valence-electron chi connectivity index (χ1n) is 12.9. The summed E-state index contributed by atoms with van der Waals surface area (Å²) in [6.07, 6.45) is 4.24. The van der Waals surface area contributed by atoms with Crippen LogP contribution in [0.4, 0.5) is 11.4 Å². The molecule has 4 aromatic rings. The molecule has 0 N–H and O–H groups in total. The van der Waals surface area contributed by atoms with Crippen LogP contribution in [0.25, 0.3) is 22.3 Å². The molecule has 0 atom stereocenters. The molecule has 3 aromatic carbocycles. The van der Waals surface area contributed by atoms with Crippen molar-refractivity contribution in [1.29, 1.82) is 0 Å². The van der Waals surface area contributed by atoms with Gasteiger partial charge in [0.25, 0.3) is 0 Å². The van der Waals surface area contributed by atoms with Crippen molar-refractivity contribution in [2.24, 2.45) is 5.92 Å². The van der Waals surface area contributed by atoms with Crippen molar-refractivity contribution in [2.75, 3.05) is 23.9 Å². The predicted molar refractivity (Wildman–Crippen MR) is 156 cm³/mol. The van der Waals surface area contributed by atoms with Crippen LogP contribution < -0.4 is 9.80 Å². The van der Waals surface area contributed by atoms with Crippen molar-refractivity contribution in [3.63, 3.8) is 0 Å². The molecule has 0 saturated carbocycles.